The summed E-state index contributed by atoms with van der Waals surface area (Å²) in [5.41, 5.74) is 6.37. The number of hydrogen-bond donors (Lipinski definition) is 1. The van der Waals surface area contributed by atoms with Crippen molar-refractivity contribution in [2.75, 3.05) is 10.2 Å². The summed E-state index contributed by atoms with van der Waals surface area (Å²) in [4.78, 5) is 28.9. The van der Waals surface area contributed by atoms with Crippen LogP contribution in [-0.4, -0.2) is 11.8 Å². The smallest absolute Gasteiger partial charge is 0.282 e. The summed E-state index contributed by atoms with van der Waals surface area (Å²) in [5.74, 6) is -0.625. The van der Waals surface area contributed by atoms with E-state index in [1.54, 1.807) is 0 Å². The zero-order valence-corrected chi connectivity index (χ0v) is 17.7. The highest BCUT2D eigenvalue weighted by molar-refractivity contribution is 7.11. The maximum atomic E-state index is 13.4. The van der Waals surface area contributed by atoms with Crippen LogP contribution in [0.25, 0.3) is 5.57 Å². The van der Waals surface area contributed by atoms with Crippen LogP contribution in [0.5, 0.6) is 0 Å². The minimum Gasteiger partial charge on any atom is -0.350 e. The standard InChI is InChI=1S/C24H22N2O2S/c1-14-11-15(2)13-18(12-14)26-23(27)21(20-9-6-10-29-20)22(24(26)28)25-19-8-5-7-16(3)17(19)4/h5-13,25H,1-4H3. The van der Waals surface area contributed by atoms with Crippen molar-refractivity contribution in [3.8, 4) is 0 Å². The molecule has 29 heavy (non-hydrogen) atoms. The van der Waals surface area contributed by atoms with Crippen LogP contribution >= 0.6 is 11.3 Å². The number of thiophene rings is 1. The van der Waals surface area contributed by atoms with Gasteiger partial charge in [-0.25, -0.2) is 4.90 Å². The summed E-state index contributed by atoms with van der Waals surface area (Å²) >= 11 is 1.45. The Morgan fingerprint density at radius 3 is 2.24 bits per heavy atom. The minimum atomic E-state index is -0.329. The predicted molar refractivity (Wildman–Crippen MR) is 119 cm³/mol. The maximum absolute atomic E-state index is 13.4. The molecule has 0 atom stereocenters. The lowest BCUT2D eigenvalue weighted by atomic mass is 10.1. The fraction of sp³-hybridized carbons (Fsp3) is 0.167. The molecular formula is C24H22N2O2S. The van der Waals surface area contributed by atoms with Crippen molar-refractivity contribution in [2.24, 2.45) is 0 Å². The van der Waals surface area contributed by atoms with Crippen LogP contribution in [0.15, 0.2) is 59.6 Å². The number of amides is 2. The highest BCUT2D eigenvalue weighted by Crippen LogP contribution is 2.36. The second kappa shape index (κ2) is 7.33. The van der Waals surface area contributed by atoms with Gasteiger partial charge in [-0.15, -0.1) is 11.3 Å². The van der Waals surface area contributed by atoms with Gasteiger partial charge in [-0.1, -0.05) is 24.3 Å². The maximum Gasteiger partial charge on any atom is 0.282 e. The number of benzene rings is 2. The van der Waals surface area contributed by atoms with Crippen molar-refractivity contribution in [3.63, 3.8) is 0 Å². The second-order valence-corrected chi connectivity index (χ2v) is 8.34. The molecule has 146 valence electrons. The largest absolute Gasteiger partial charge is 0.350 e. The van der Waals surface area contributed by atoms with Gasteiger partial charge in [0.2, 0.25) is 0 Å². The van der Waals surface area contributed by atoms with Gasteiger partial charge in [-0.05, 0) is 79.6 Å². The van der Waals surface area contributed by atoms with Gasteiger partial charge in [-0.2, -0.15) is 0 Å². The molecule has 1 aliphatic rings. The van der Waals surface area contributed by atoms with Gasteiger partial charge in [0, 0.05) is 10.6 Å². The zero-order chi connectivity index (χ0) is 20.7. The Bertz CT molecular complexity index is 1140. The molecule has 2 aromatic carbocycles. The Morgan fingerprint density at radius 2 is 1.59 bits per heavy atom. The molecule has 5 heteroatoms. The van der Waals surface area contributed by atoms with Gasteiger partial charge in [0.05, 0.1) is 11.3 Å². The quantitative estimate of drug-likeness (QED) is 0.596. The van der Waals surface area contributed by atoms with Gasteiger partial charge >= 0.3 is 0 Å². The van der Waals surface area contributed by atoms with Gasteiger partial charge in [0.1, 0.15) is 5.70 Å². The SMILES string of the molecule is Cc1cc(C)cc(N2C(=O)C(Nc3cccc(C)c3C)=C(c3cccs3)C2=O)c1. The van der Waals surface area contributed by atoms with Crippen LogP contribution in [0, 0.1) is 27.7 Å². The van der Waals surface area contributed by atoms with E-state index in [0.717, 1.165) is 32.8 Å². The fourth-order valence-corrected chi connectivity index (χ4v) is 4.40. The summed E-state index contributed by atoms with van der Waals surface area (Å²) in [5, 5.41) is 5.18. The number of nitrogens with zero attached hydrogens (tertiary/aromatic N) is 1. The highest BCUT2D eigenvalue weighted by atomic mass is 32.1. The van der Waals surface area contributed by atoms with Crippen LogP contribution in [0.1, 0.15) is 27.1 Å². The van der Waals surface area contributed by atoms with E-state index in [2.05, 4.69) is 5.32 Å². The van der Waals surface area contributed by atoms with E-state index in [1.165, 1.54) is 16.2 Å². The lowest BCUT2D eigenvalue weighted by Crippen LogP contribution is -2.32. The number of rotatable bonds is 4. The number of hydrogen-bond acceptors (Lipinski definition) is 4. The Labute approximate surface area is 174 Å². The number of imide groups is 1. The van der Waals surface area contributed by atoms with Crippen LogP contribution in [0.4, 0.5) is 11.4 Å². The third-order valence-corrected chi connectivity index (χ3v) is 6.07. The van der Waals surface area contributed by atoms with Crippen LogP contribution in [0.2, 0.25) is 0 Å². The Morgan fingerprint density at radius 1 is 0.862 bits per heavy atom. The number of aryl methyl sites for hydroxylation is 3. The molecule has 0 saturated carbocycles. The molecule has 2 heterocycles. The molecule has 2 amide bonds. The van der Waals surface area contributed by atoms with Crippen molar-refractivity contribution in [2.45, 2.75) is 27.7 Å². The van der Waals surface area contributed by atoms with Crippen molar-refractivity contribution in [1.29, 1.82) is 0 Å². The molecule has 4 rings (SSSR count). The van der Waals surface area contributed by atoms with Crippen molar-refractivity contribution >= 4 is 40.1 Å². The molecular weight excluding hydrogens is 380 g/mol. The molecule has 0 unspecified atom stereocenters. The Hall–Kier alpha value is -3.18. The highest BCUT2D eigenvalue weighted by Gasteiger charge is 2.41. The lowest BCUT2D eigenvalue weighted by molar-refractivity contribution is -0.120. The number of carbonyl (C=O) groups is 2. The van der Waals surface area contributed by atoms with Gasteiger partial charge in [0.15, 0.2) is 0 Å². The summed E-state index contributed by atoms with van der Waals surface area (Å²) in [6, 6.07) is 15.4. The number of anilines is 2. The molecule has 1 N–H and O–H groups in total. The molecule has 0 radical (unpaired) electrons. The van der Waals surface area contributed by atoms with E-state index in [9.17, 15) is 9.59 Å². The molecule has 0 aliphatic carbocycles. The Kier molecular flexibility index (Phi) is 4.84. The minimum absolute atomic E-state index is 0.296. The average Bonchev–Trinajstić information content (AvgIpc) is 3.25. The summed E-state index contributed by atoms with van der Waals surface area (Å²) < 4.78 is 0. The van der Waals surface area contributed by atoms with E-state index in [0.29, 0.717) is 17.0 Å². The normalized spacial score (nSPS) is 14.1. The van der Waals surface area contributed by atoms with Crippen molar-refractivity contribution in [1.82, 2.24) is 0 Å². The first-order valence-corrected chi connectivity index (χ1v) is 10.3. The first kappa shape index (κ1) is 19.2. The van der Waals surface area contributed by atoms with E-state index in [4.69, 9.17) is 0 Å². The first-order valence-electron chi connectivity index (χ1n) is 9.45. The number of carbonyl (C=O) groups excluding carboxylic acids is 2. The summed E-state index contributed by atoms with van der Waals surface area (Å²) in [6.07, 6.45) is 0. The topological polar surface area (TPSA) is 49.4 Å². The molecule has 0 spiro atoms. The zero-order valence-electron chi connectivity index (χ0n) is 16.9. The lowest BCUT2D eigenvalue weighted by Gasteiger charge is -2.17. The van der Waals surface area contributed by atoms with Crippen molar-refractivity contribution < 1.29 is 9.59 Å². The molecule has 0 fully saturated rings. The van der Waals surface area contributed by atoms with E-state index >= 15 is 0 Å². The monoisotopic (exact) mass is 402 g/mol. The molecule has 4 nitrogen and oxygen atoms in total. The van der Waals surface area contributed by atoms with Crippen molar-refractivity contribution in [3.05, 3.63) is 86.7 Å². The summed E-state index contributed by atoms with van der Waals surface area (Å²) in [7, 11) is 0. The molecule has 1 aliphatic heterocycles. The van der Waals surface area contributed by atoms with E-state index in [-0.39, 0.29) is 11.8 Å². The van der Waals surface area contributed by atoms with Crippen LogP contribution < -0.4 is 10.2 Å². The van der Waals surface area contributed by atoms with E-state index in [1.807, 2.05) is 81.6 Å². The summed E-state index contributed by atoms with van der Waals surface area (Å²) in [6.45, 7) is 7.96. The Balaban J connectivity index is 1.84. The average molecular weight is 403 g/mol. The molecule has 1 aromatic heterocycles. The number of nitrogens with one attached hydrogen (secondary N) is 1. The second-order valence-electron chi connectivity index (χ2n) is 7.39. The van der Waals surface area contributed by atoms with Gasteiger partial charge in [0.25, 0.3) is 11.8 Å². The fourth-order valence-electron chi connectivity index (χ4n) is 3.63. The predicted octanol–water partition coefficient (Wildman–Crippen LogP) is 5.38. The van der Waals surface area contributed by atoms with Gasteiger partial charge < -0.3 is 5.32 Å². The molecule has 3 aromatic rings. The van der Waals surface area contributed by atoms with E-state index < -0.39 is 0 Å². The third-order valence-electron chi connectivity index (χ3n) is 5.18. The van der Waals surface area contributed by atoms with Crippen LogP contribution in [0.3, 0.4) is 0 Å². The molecule has 0 bridgehead atoms. The third kappa shape index (κ3) is 3.38. The first-order chi connectivity index (χ1) is 13.9. The van der Waals surface area contributed by atoms with Crippen LogP contribution in [-0.2, 0) is 9.59 Å². The molecule has 0 saturated heterocycles. The van der Waals surface area contributed by atoms with Gasteiger partial charge in [-0.3, -0.25) is 9.59 Å².